The van der Waals surface area contributed by atoms with Crippen molar-refractivity contribution in [1.29, 1.82) is 0 Å². The Morgan fingerprint density at radius 2 is 1.71 bits per heavy atom. The number of H-pyrrole nitrogens is 1. The van der Waals surface area contributed by atoms with Crippen molar-refractivity contribution in [2.45, 2.75) is 65.8 Å². The number of fused-ring (bicyclic) bond motifs is 1. The molecule has 7 heteroatoms. The number of halogens is 2. The Hall–Kier alpha value is -2.60. The van der Waals surface area contributed by atoms with E-state index in [1.807, 2.05) is 30.3 Å². The van der Waals surface area contributed by atoms with Crippen molar-refractivity contribution in [3.63, 3.8) is 0 Å². The second kappa shape index (κ2) is 10.6. The summed E-state index contributed by atoms with van der Waals surface area (Å²) in [4.78, 5) is 14.0. The van der Waals surface area contributed by atoms with Crippen molar-refractivity contribution in [1.82, 2.24) is 10.2 Å². The summed E-state index contributed by atoms with van der Waals surface area (Å²) in [7, 11) is 0. The van der Waals surface area contributed by atoms with Gasteiger partial charge in [0, 0.05) is 17.0 Å². The van der Waals surface area contributed by atoms with Crippen LogP contribution in [0.1, 0.15) is 59.8 Å². The van der Waals surface area contributed by atoms with Gasteiger partial charge in [0.25, 0.3) is 0 Å². The second-order valence-electron chi connectivity index (χ2n) is 7.60. The predicted molar refractivity (Wildman–Crippen MR) is 128 cm³/mol. The highest BCUT2D eigenvalue weighted by Crippen LogP contribution is 2.38. The third-order valence-corrected chi connectivity index (χ3v) is 6.08. The molecular weight excluding hydrogens is 415 g/mol. The minimum Gasteiger partial charge on any atom is -0.351 e. The number of hydrogen-bond acceptors (Lipinski definition) is 2. The second-order valence-corrected chi connectivity index (χ2v) is 7.97. The molecule has 2 aromatic carbocycles. The van der Waals surface area contributed by atoms with Crippen LogP contribution in [0.15, 0.2) is 36.4 Å². The number of carbonyl (C=O) groups excluding carboxylic acids is 1. The van der Waals surface area contributed by atoms with Crippen LogP contribution in [0.4, 0.5) is 15.0 Å². The summed E-state index contributed by atoms with van der Waals surface area (Å²) in [6.45, 7) is 0. The number of primary amides is 1. The minimum atomic E-state index is -0.580. The number of rotatable bonds is 3. The molecule has 31 heavy (non-hydrogen) atoms. The summed E-state index contributed by atoms with van der Waals surface area (Å²) < 4.78 is 15.0. The van der Waals surface area contributed by atoms with Crippen LogP contribution in [0.3, 0.4) is 0 Å². The van der Waals surface area contributed by atoms with Crippen LogP contribution in [-0.4, -0.2) is 22.3 Å². The third-order valence-electron chi connectivity index (χ3n) is 5.71. The number of aromatic nitrogens is 2. The predicted octanol–water partition coefficient (Wildman–Crippen LogP) is 7.29. The molecule has 1 aliphatic rings. The van der Waals surface area contributed by atoms with E-state index in [-0.39, 0.29) is 31.4 Å². The number of nitrogens with two attached hydrogens (primary N) is 1. The molecule has 0 unspecified atom stereocenters. The van der Waals surface area contributed by atoms with E-state index in [2.05, 4.69) is 10.2 Å². The lowest BCUT2D eigenvalue weighted by molar-refractivity contribution is 0.249. The van der Waals surface area contributed by atoms with E-state index in [1.165, 1.54) is 11.3 Å². The maximum Gasteiger partial charge on any atom is 0.320 e. The van der Waals surface area contributed by atoms with E-state index in [4.69, 9.17) is 17.3 Å². The Bertz CT molecular complexity index is 1010. The van der Waals surface area contributed by atoms with E-state index >= 15 is 4.39 Å². The van der Waals surface area contributed by atoms with Crippen molar-refractivity contribution in [2.75, 3.05) is 4.90 Å². The molecule has 0 radical (unpaired) electrons. The molecule has 1 fully saturated rings. The molecule has 3 N–H and O–H groups in total. The first-order valence-corrected chi connectivity index (χ1v) is 10.5. The summed E-state index contributed by atoms with van der Waals surface area (Å²) in [5.74, 6) is -0.213. The van der Waals surface area contributed by atoms with E-state index in [1.54, 1.807) is 6.07 Å². The van der Waals surface area contributed by atoms with Crippen molar-refractivity contribution in [3.8, 4) is 11.1 Å². The van der Waals surface area contributed by atoms with E-state index in [9.17, 15) is 4.79 Å². The zero-order valence-electron chi connectivity index (χ0n) is 16.1. The van der Waals surface area contributed by atoms with Gasteiger partial charge in [-0.05, 0) is 24.5 Å². The van der Waals surface area contributed by atoms with Crippen molar-refractivity contribution < 1.29 is 9.18 Å². The van der Waals surface area contributed by atoms with Crippen LogP contribution < -0.4 is 10.6 Å². The molecule has 0 spiro atoms. The molecule has 3 aromatic rings. The largest absolute Gasteiger partial charge is 0.351 e. The number of nitrogens with one attached hydrogen (secondary N) is 1. The summed E-state index contributed by atoms with van der Waals surface area (Å²) in [6, 6.07) is 10.5. The van der Waals surface area contributed by atoms with Crippen molar-refractivity contribution in [2.24, 2.45) is 5.73 Å². The molecule has 1 aromatic heterocycles. The van der Waals surface area contributed by atoms with Gasteiger partial charge in [-0.25, -0.2) is 9.18 Å². The fraction of sp³-hybridized carbons (Fsp3) is 0.417. The van der Waals surface area contributed by atoms with Gasteiger partial charge in [0.2, 0.25) is 0 Å². The summed E-state index contributed by atoms with van der Waals surface area (Å²) in [5.41, 5.74) is 7.30. The average Bonchev–Trinajstić information content (AvgIpc) is 3.10. The standard InChI is InChI=1S/C22H24ClFN4O.2CH4/c23-18-16(14-9-5-4-6-10-14)13-17-20(19(18)24)26-27-21(17)28(22(25)29)15-11-7-2-1-3-8-12-15;;/h4-6,9-10,13,15H,1-3,7-8,11-12H2,(H2,25,29)(H,26,27);2*1H4. The molecule has 0 aliphatic heterocycles. The van der Waals surface area contributed by atoms with Gasteiger partial charge in [0.15, 0.2) is 11.6 Å². The molecule has 0 atom stereocenters. The average molecular weight is 447 g/mol. The minimum absolute atomic E-state index is 0. The highest BCUT2D eigenvalue weighted by atomic mass is 35.5. The van der Waals surface area contributed by atoms with Gasteiger partial charge in [0.05, 0.1) is 5.02 Å². The molecule has 1 aliphatic carbocycles. The lowest BCUT2D eigenvalue weighted by Gasteiger charge is -2.30. The highest BCUT2D eigenvalue weighted by molar-refractivity contribution is 6.34. The van der Waals surface area contributed by atoms with Crippen LogP contribution in [0.2, 0.25) is 5.02 Å². The number of carbonyl (C=O) groups is 1. The number of benzene rings is 2. The van der Waals surface area contributed by atoms with Crippen molar-refractivity contribution >= 4 is 34.4 Å². The number of anilines is 1. The first-order valence-electron chi connectivity index (χ1n) is 10.1. The number of nitrogens with zero attached hydrogens (tertiary/aromatic N) is 2. The topological polar surface area (TPSA) is 75.0 Å². The van der Waals surface area contributed by atoms with Crippen LogP contribution >= 0.6 is 11.6 Å². The quantitative estimate of drug-likeness (QED) is 0.443. The first-order chi connectivity index (χ1) is 14.1. The lowest BCUT2D eigenvalue weighted by atomic mass is 9.95. The molecule has 5 nitrogen and oxygen atoms in total. The van der Waals surface area contributed by atoms with Gasteiger partial charge in [-0.2, -0.15) is 5.10 Å². The Balaban J connectivity index is 0.00000171. The number of aromatic amines is 1. The summed E-state index contributed by atoms with van der Waals surface area (Å²) in [5, 5.41) is 7.53. The molecule has 1 heterocycles. The molecular formula is C24H32ClFN4O. The molecule has 168 valence electrons. The smallest absolute Gasteiger partial charge is 0.320 e. The van der Waals surface area contributed by atoms with Gasteiger partial charge >= 0.3 is 6.03 Å². The molecule has 0 bridgehead atoms. The first kappa shape index (κ1) is 24.7. The van der Waals surface area contributed by atoms with Gasteiger partial charge in [0.1, 0.15) is 5.52 Å². The Kier molecular flexibility index (Phi) is 8.45. The van der Waals surface area contributed by atoms with E-state index < -0.39 is 11.8 Å². The molecule has 4 rings (SSSR count). The van der Waals surface area contributed by atoms with Crippen LogP contribution in [0, 0.1) is 5.82 Å². The molecule has 2 amide bonds. The van der Waals surface area contributed by atoms with Crippen molar-refractivity contribution in [3.05, 3.63) is 47.2 Å². The number of hydrogen-bond donors (Lipinski definition) is 2. The molecule has 0 saturated heterocycles. The van der Waals surface area contributed by atoms with Crippen LogP contribution in [0.25, 0.3) is 22.0 Å². The van der Waals surface area contributed by atoms with Gasteiger partial charge in [-0.1, -0.05) is 88.9 Å². The fourth-order valence-electron chi connectivity index (χ4n) is 4.24. The van der Waals surface area contributed by atoms with E-state index in [0.717, 1.165) is 44.1 Å². The third kappa shape index (κ3) is 4.85. The SMILES string of the molecule is C.C.NC(=O)N(c1n[nH]c2c(F)c(Cl)c(-c3ccccc3)cc12)C1CCCCCCC1. The maximum atomic E-state index is 15.0. The molecule has 1 saturated carbocycles. The van der Waals surface area contributed by atoms with Gasteiger partial charge in [-0.15, -0.1) is 0 Å². The normalized spacial score (nSPS) is 14.8. The zero-order chi connectivity index (χ0) is 20.4. The maximum absolute atomic E-state index is 15.0. The van der Waals surface area contributed by atoms with Crippen LogP contribution in [0.5, 0.6) is 0 Å². The van der Waals surface area contributed by atoms with Crippen LogP contribution in [-0.2, 0) is 0 Å². The number of urea groups is 1. The Labute approximate surface area is 188 Å². The van der Waals surface area contributed by atoms with E-state index in [0.29, 0.717) is 16.8 Å². The fourth-order valence-corrected chi connectivity index (χ4v) is 4.50. The summed E-state index contributed by atoms with van der Waals surface area (Å²) >= 11 is 6.32. The summed E-state index contributed by atoms with van der Waals surface area (Å²) in [6.07, 6.45) is 7.30. The van der Waals surface area contributed by atoms with Gasteiger partial charge < -0.3 is 5.73 Å². The number of amides is 2. The Morgan fingerprint density at radius 3 is 2.32 bits per heavy atom. The zero-order valence-corrected chi connectivity index (χ0v) is 16.9. The lowest BCUT2D eigenvalue weighted by Crippen LogP contribution is -2.44. The monoisotopic (exact) mass is 446 g/mol. The Morgan fingerprint density at radius 1 is 1.10 bits per heavy atom. The van der Waals surface area contributed by atoms with Gasteiger partial charge in [-0.3, -0.25) is 10.00 Å². The highest BCUT2D eigenvalue weighted by Gasteiger charge is 2.29.